The van der Waals surface area contributed by atoms with Gasteiger partial charge < -0.3 is 5.11 Å². The molecule has 1 aromatic carbocycles. The van der Waals surface area contributed by atoms with Crippen molar-refractivity contribution in [2.45, 2.75) is 19.4 Å². The van der Waals surface area contributed by atoms with Crippen molar-refractivity contribution in [2.75, 3.05) is 0 Å². The molecule has 0 aliphatic carbocycles. The molecule has 0 saturated carbocycles. The van der Waals surface area contributed by atoms with Gasteiger partial charge in [-0.25, -0.2) is 4.39 Å². The zero-order chi connectivity index (χ0) is 12.3. The minimum Gasteiger partial charge on any atom is -0.388 e. The lowest BCUT2D eigenvalue weighted by molar-refractivity contribution is 0.176. The monoisotopic (exact) mass is 231 g/mol. The van der Waals surface area contributed by atoms with E-state index in [0.29, 0.717) is 5.56 Å². The van der Waals surface area contributed by atoms with Gasteiger partial charge >= 0.3 is 0 Å². The predicted octanol–water partition coefficient (Wildman–Crippen LogP) is 2.81. The van der Waals surface area contributed by atoms with Gasteiger partial charge in [-0.15, -0.1) is 0 Å². The van der Waals surface area contributed by atoms with Crippen LogP contribution in [-0.2, 0) is 6.42 Å². The van der Waals surface area contributed by atoms with Crippen LogP contribution in [0.3, 0.4) is 0 Å². The summed E-state index contributed by atoms with van der Waals surface area (Å²) in [5.74, 6) is -0.279. The van der Waals surface area contributed by atoms with Gasteiger partial charge in [0.05, 0.1) is 6.10 Å². The SMILES string of the molecule is Cc1cnccc1C(O)Cc1ccccc1F. The number of benzene rings is 1. The smallest absolute Gasteiger partial charge is 0.126 e. The van der Waals surface area contributed by atoms with Crippen molar-refractivity contribution in [3.63, 3.8) is 0 Å². The Kier molecular flexibility index (Phi) is 3.49. The highest BCUT2D eigenvalue weighted by Gasteiger charge is 2.13. The zero-order valence-corrected chi connectivity index (χ0v) is 9.60. The molecule has 1 unspecified atom stereocenters. The molecule has 1 aromatic heterocycles. The fourth-order valence-electron chi connectivity index (χ4n) is 1.84. The number of rotatable bonds is 3. The zero-order valence-electron chi connectivity index (χ0n) is 9.60. The van der Waals surface area contributed by atoms with E-state index in [-0.39, 0.29) is 12.2 Å². The molecule has 1 heterocycles. The lowest BCUT2D eigenvalue weighted by Gasteiger charge is -2.13. The van der Waals surface area contributed by atoms with Crippen LogP contribution < -0.4 is 0 Å². The molecule has 17 heavy (non-hydrogen) atoms. The molecule has 1 N–H and O–H groups in total. The molecule has 0 bridgehead atoms. The summed E-state index contributed by atoms with van der Waals surface area (Å²) in [6, 6.07) is 8.27. The second-order valence-corrected chi connectivity index (χ2v) is 4.04. The van der Waals surface area contributed by atoms with Crippen LogP contribution >= 0.6 is 0 Å². The average molecular weight is 231 g/mol. The van der Waals surface area contributed by atoms with Gasteiger partial charge in [0.25, 0.3) is 0 Å². The summed E-state index contributed by atoms with van der Waals surface area (Å²) in [7, 11) is 0. The van der Waals surface area contributed by atoms with E-state index in [9.17, 15) is 9.50 Å². The number of pyridine rings is 1. The number of aliphatic hydroxyl groups is 1. The highest BCUT2D eigenvalue weighted by atomic mass is 19.1. The largest absolute Gasteiger partial charge is 0.388 e. The van der Waals surface area contributed by atoms with Crippen molar-refractivity contribution in [1.29, 1.82) is 0 Å². The van der Waals surface area contributed by atoms with Crippen molar-refractivity contribution in [1.82, 2.24) is 4.98 Å². The van der Waals surface area contributed by atoms with E-state index in [1.165, 1.54) is 6.07 Å². The first-order valence-corrected chi connectivity index (χ1v) is 5.50. The maximum atomic E-state index is 13.4. The molecule has 0 radical (unpaired) electrons. The Morgan fingerprint density at radius 2 is 2.06 bits per heavy atom. The average Bonchev–Trinajstić information content (AvgIpc) is 2.32. The molecule has 0 saturated heterocycles. The Hall–Kier alpha value is -1.74. The van der Waals surface area contributed by atoms with E-state index in [1.807, 2.05) is 6.92 Å². The summed E-state index contributed by atoms with van der Waals surface area (Å²) < 4.78 is 13.4. The van der Waals surface area contributed by atoms with Gasteiger partial charge in [-0.05, 0) is 35.7 Å². The van der Waals surface area contributed by atoms with E-state index >= 15 is 0 Å². The first kappa shape index (κ1) is 11.7. The number of halogens is 1. The van der Waals surface area contributed by atoms with Crippen molar-refractivity contribution >= 4 is 0 Å². The molecule has 2 nitrogen and oxygen atoms in total. The van der Waals surface area contributed by atoms with Crippen LogP contribution in [0.25, 0.3) is 0 Å². The first-order chi connectivity index (χ1) is 8.18. The maximum Gasteiger partial charge on any atom is 0.126 e. The third-order valence-electron chi connectivity index (χ3n) is 2.79. The van der Waals surface area contributed by atoms with Gasteiger partial charge in [-0.2, -0.15) is 0 Å². The Morgan fingerprint density at radius 1 is 1.29 bits per heavy atom. The molecule has 0 aliphatic rings. The molecule has 0 fully saturated rings. The molecular formula is C14H14FNO. The topological polar surface area (TPSA) is 33.1 Å². The van der Waals surface area contributed by atoms with Crippen LogP contribution in [0.2, 0.25) is 0 Å². The number of hydrogen-bond donors (Lipinski definition) is 1. The summed E-state index contributed by atoms with van der Waals surface area (Å²) >= 11 is 0. The summed E-state index contributed by atoms with van der Waals surface area (Å²) in [4.78, 5) is 3.97. The number of aromatic nitrogens is 1. The number of aryl methyl sites for hydroxylation is 1. The number of aliphatic hydroxyl groups excluding tert-OH is 1. The molecular weight excluding hydrogens is 217 g/mol. The van der Waals surface area contributed by atoms with Gasteiger partial charge in [-0.3, -0.25) is 4.98 Å². The normalized spacial score (nSPS) is 12.4. The Labute approximate surface area is 99.8 Å². The number of hydrogen-bond acceptors (Lipinski definition) is 2. The van der Waals surface area contributed by atoms with Gasteiger partial charge in [-0.1, -0.05) is 18.2 Å². The first-order valence-electron chi connectivity index (χ1n) is 5.50. The highest BCUT2D eigenvalue weighted by Crippen LogP contribution is 2.21. The van der Waals surface area contributed by atoms with Crippen LogP contribution in [0.5, 0.6) is 0 Å². The van der Waals surface area contributed by atoms with Gasteiger partial charge in [0, 0.05) is 18.8 Å². The van der Waals surface area contributed by atoms with E-state index in [1.54, 1.807) is 36.7 Å². The predicted molar refractivity (Wildman–Crippen MR) is 64.0 cm³/mol. The molecule has 0 aliphatic heterocycles. The van der Waals surface area contributed by atoms with Gasteiger partial charge in [0.15, 0.2) is 0 Å². The van der Waals surface area contributed by atoms with Crippen LogP contribution in [0.1, 0.15) is 22.8 Å². The quantitative estimate of drug-likeness (QED) is 0.881. The van der Waals surface area contributed by atoms with E-state index < -0.39 is 6.10 Å². The van der Waals surface area contributed by atoms with Crippen LogP contribution in [0, 0.1) is 12.7 Å². The number of nitrogens with zero attached hydrogens (tertiary/aromatic N) is 1. The van der Waals surface area contributed by atoms with E-state index in [2.05, 4.69) is 4.98 Å². The van der Waals surface area contributed by atoms with Crippen molar-refractivity contribution in [3.05, 3.63) is 65.2 Å². The molecule has 2 rings (SSSR count). The van der Waals surface area contributed by atoms with E-state index in [4.69, 9.17) is 0 Å². The molecule has 0 amide bonds. The standard InChI is InChI=1S/C14H14FNO/c1-10-9-16-7-6-12(10)14(17)8-11-4-2-3-5-13(11)15/h2-7,9,14,17H,8H2,1H3. The summed E-state index contributed by atoms with van der Waals surface area (Å²) in [6.45, 7) is 1.88. The lowest BCUT2D eigenvalue weighted by Crippen LogP contribution is -2.05. The van der Waals surface area contributed by atoms with Crippen molar-refractivity contribution < 1.29 is 9.50 Å². The van der Waals surface area contributed by atoms with Crippen LogP contribution in [-0.4, -0.2) is 10.1 Å². The Morgan fingerprint density at radius 3 is 2.76 bits per heavy atom. The summed E-state index contributed by atoms with van der Waals surface area (Å²) in [6.07, 6.45) is 2.90. The Bertz CT molecular complexity index is 513. The van der Waals surface area contributed by atoms with Crippen molar-refractivity contribution in [2.24, 2.45) is 0 Å². The molecule has 2 aromatic rings. The minimum atomic E-state index is -0.699. The van der Waals surface area contributed by atoms with Crippen LogP contribution in [0.15, 0.2) is 42.7 Å². The summed E-state index contributed by atoms with van der Waals surface area (Å²) in [5.41, 5.74) is 2.23. The third-order valence-corrected chi connectivity index (χ3v) is 2.79. The molecule has 3 heteroatoms. The third kappa shape index (κ3) is 2.68. The maximum absolute atomic E-state index is 13.4. The van der Waals surface area contributed by atoms with Crippen molar-refractivity contribution in [3.8, 4) is 0 Å². The Balaban J connectivity index is 2.20. The van der Waals surface area contributed by atoms with E-state index in [0.717, 1.165) is 11.1 Å². The van der Waals surface area contributed by atoms with Gasteiger partial charge in [0.1, 0.15) is 5.82 Å². The second-order valence-electron chi connectivity index (χ2n) is 4.04. The van der Waals surface area contributed by atoms with Crippen LogP contribution in [0.4, 0.5) is 4.39 Å². The van der Waals surface area contributed by atoms with Gasteiger partial charge in [0.2, 0.25) is 0 Å². The molecule has 1 atom stereocenters. The summed E-state index contributed by atoms with van der Waals surface area (Å²) in [5, 5.41) is 10.1. The minimum absolute atomic E-state index is 0.275. The molecule has 88 valence electrons. The fraction of sp³-hybridized carbons (Fsp3) is 0.214. The highest BCUT2D eigenvalue weighted by molar-refractivity contribution is 5.27. The fourth-order valence-corrected chi connectivity index (χ4v) is 1.84. The molecule has 0 spiro atoms. The lowest BCUT2D eigenvalue weighted by atomic mass is 9.99. The second kappa shape index (κ2) is 5.06.